The minimum absolute atomic E-state index is 0.721. The Labute approximate surface area is 119 Å². The van der Waals surface area contributed by atoms with E-state index in [0.29, 0.717) is 0 Å². The van der Waals surface area contributed by atoms with E-state index in [0.717, 1.165) is 18.0 Å². The molecule has 2 saturated heterocycles. The van der Waals surface area contributed by atoms with Gasteiger partial charge >= 0.3 is 0 Å². The molecule has 1 N–H and O–H groups in total. The highest BCUT2D eigenvalue weighted by molar-refractivity contribution is 4.83. The lowest BCUT2D eigenvalue weighted by molar-refractivity contribution is 0.0812. The largest absolute Gasteiger partial charge is 0.316 e. The standard InChI is InChI=1S/C16H33N3/c1-4-18(13-15-6-5-9-17-12-15)16-7-10-19(11-8-16)14(2)3/h14-17H,4-13H2,1-3H3. The van der Waals surface area contributed by atoms with Crippen LogP contribution in [0.15, 0.2) is 0 Å². The number of hydrogen-bond acceptors (Lipinski definition) is 3. The molecule has 2 aliphatic heterocycles. The van der Waals surface area contributed by atoms with Gasteiger partial charge in [0, 0.05) is 18.6 Å². The SMILES string of the molecule is CCN(CC1CCCNC1)C1CCN(C(C)C)CC1. The molecule has 1 unspecified atom stereocenters. The zero-order valence-corrected chi connectivity index (χ0v) is 13.2. The van der Waals surface area contributed by atoms with Crippen LogP contribution < -0.4 is 5.32 Å². The molecular weight excluding hydrogens is 234 g/mol. The third kappa shape index (κ3) is 4.44. The maximum Gasteiger partial charge on any atom is 0.0120 e. The molecule has 0 saturated carbocycles. The van der Waals surface area contributed by atoms with Gasteiger partial charge in [-0.25, -0.2) is 0 Å². The summed E-state index contributed by atoms with van der Waals surface area (Å²) in [4.78, 5) is 5.39. The third-order valence-corrected chi connectivity index (χ3v) is 5.04. The fraction of sp³-hybridized carbons (Fsp3) is 1.00. The highest BCUT2D eigenvalue weighted by atomic mass is 15.2. The van der Waals surface area contributed by atoms with Crippen molar-refractivity contribution >= 4 is 0 Å². The van der Waals surface area contributed by atoms with E-state index in [1.165, 1.54) is 65.0 Å². The van der Waals surface area contributed by atoms with Gasteiger partial charge in [0.25, 0.3) is 0 Å². The van der Waals surface area contributed by atoms with Crippen molar-refractivity contribution in [2.45, 2.75) is 58.5 Å². The van der Waals surface area contributed by atoms with Gasteiger partial charge in [-0.3, -0.25) is 0 Å². The fourth-order valence-electron chi connectivity index (χ4n) is 3.72. The molecular formula is C16H33N3. The summed E-state index contributed by atoms with van der Waals surface area (Å²) in [5, 5.41) is 3.55. The van der Waals surface area contributed by atoms with Crippen molar-refractivity contribution in [2.24, 2.45) is 5.92 Å². The minimum Gasteiger partial charge on any atom is -0.316 e. The van der Waals surface area contributed by atoms with E-state index in [9.17, 15) is 0 Å². The summed E-state index contributed by atoms with van der Waals surface area (Å²) in [7, 11) is 0. The van der Waals surface area contributed by atoms with E-state index >= 15 is 0 Å². The van der Waals surface area contributed by atoms with E-state index in [-0.39, 0.29) is 0 Å². The van der Waals surface area contributed by atoms with Crippen LogP contribution in [0, 0.1) is 5.92 Å². The molecule has 3 nitrogen and oxygen atoms in total. The first kappa shape index (κ1) is 15.3. The molecule has 0 bridgehead atoms. The van der Waals surface area contributed by atoms with Gasteiger partial charge in [-0.1, -0.05) is 6.92 Å². The van der Waals surface area contributed by atoms with Crippen LogP contribution in [-0.2, 0) is 0 Å². The van der Waals surface area contributed by atoms with Crippen LogP contribution >= 0.6 is 0 Å². The second-order valence-electron chi connectivity index (χ2n) is 6.66. The number of piperidine rings is 2. The molecule has 0 spiro atoms. The Kier molecular flexibility index (Phi) is 6.11. The molecule has 19 heavy (non-hydrogen) atoms. The molecule has 2 heterocycles. The number of rotatable bonds is 5. The molecule has 0 aromatic carbocycles. The quantitative estimate of drug-likeness (QED) is 0.824. The van der Waals surface area contributed by atoms with Crippen LogP contribution in [-0.4, -0.2) is 61.2 Å². The first-order valence-corrected chi connectivity index (χ1v) is 8.39. The monoisotopic (exact) mass is 267 g/mol. The first-order chi connectivity index (χ1) is 9.20. The van der Waals surface area contributed by atoms with Crippen LogP contribution in [0.4, 0.5) is 0 Å². The maximum atomic E-state index is 3.55. The third-order valence-electron chi connectivity index (χ3n) is 5.04. The van der Waals surface area contributed by atoms with Crippen molar-refractivity contribution in [3.8, 4) is 0 Å². The Morgan fingerprint density at radius 2 is 1.95 bits per heavy atom. The second kappa shape index (κ2) is 7.61. The maximum absolute atomic E-state index is 3.55. The molecule has 2 fully saturated rings. The molecule has 1 atom stereocenters. The summed E-state index contributed by atoms with van der Waals surface area (Å²) < 4.78 is 0. The average Bonchev–Trinajstić information content (AvgIpc) is 2.46. The Morgan fingerprint density at radius 3 is 2.47 bits per heavy atom. The number of nitrogens with zero attached hydrogens (tertiary/aromatic N) is 2. The first-order valence-electron chi connectivity index (χ1n) is 8.39. The minimum atomic E-state index is 0.721. The van der Waals surface area contributed by atoms with Crippen LogP contribution in [0.25, 0.3) is 0 Å². The van der Waals surface area contributed by atoms with Crippen molar-refractivity contribution in [2.75, 3.05) is 39.3 Å². The van der Waals surface area contributed by atoms with Gasteiger partial charge in [-0.05, 0) is 78.2 Å². The van der Waals surface area contributed by atoms with Crippen LogP contribution in [0.1, 0.15) is 46.5 Å². The highest BCUT2D eigenvalue weighted by Crippen LogP contribution is 2.21. The number of likely N-dealkylation sites (tertiary alicyclic amines) is 1. The van der Waals surface area contributed by atoms with Gasteiger partial charge in [-0.15, -0.1) is 0 Å². The van der Waals surface area contributed by atoms with E-state index in [2.05, 4.69) is 35.9 Å². The van der Waals surface area contributed by atoms with Crippen molar-refractivity contribution in [1.82, 2.24) is 15.1 Å². The Balaban J connectivity index is 1.78. The fourth-order valence-corrected chi connectivity index (χ4v) is 3.72. The molecule has 3 heteroatoms. The lowest BCUT2D eigenvalue weighted by Crippen LogP contribution is -2.49. The summed E-state index contributed by atoms with van der Waals surface area (Å²) in [6.45, 7) is 14.6. The summed E-state index contributed by atoms with van der Waals surface area (Å²) in [5.74, 6) is 0.886. The van der Waals surface area contributed by atoms with Gasteiger partial charge in [0.1, 0.15) is 0 Å². The summed E-state index contributed by atoms with van der Waals surface area (Å²) >= 11 is 0. The Morgan fingerprint density at radius 1 is 1.21 bits per heavy atom. The smallest absolute Gasteiger partial charge is 0.0120 e. The van der Waals surface area contributed by atoms with Crippen LogP contribution in [0.3, 0.4) is 0 Å². The predicted molar refractivity (Wildman–Crippen MR) is 82.6 cm³/mol. The van der Waals surface area contributed by atoms with Crippen molar-refractivity contribution in [1.29, 1.82) is 0 Å². The number of nitrogens with one attached hydrogen (secondary N) is 1. The average molecular weight is 267 g/mol. The van der Waals surface area contributed by atoms with Crippen molar-refractivity contribution < 1.29 is 0 Å². The highest BCUT2D eigenvalue weighted by Gasteiger charge is 2.26. The lowest BCUT2D eigenvalue weighted by atomic mass is 9.96. The van der Waals surface area contributed by atoms with Gasteiger partial charge < -0.3 is 15.1 Å². The summed E-state index contributed by atoms with van der Waals surface area (Å²) in [6.07, 6.45) is 5.53. The van der Waals surface area contributed by atoms with E-state index in [4.69, 9.17) is 0 Å². The van der Waals surface area contributed by atoms with Crippen LogP contribution in [0.5, 0.6) is 0 Å². The van der Waals surface area contributed by atoms with Gasteiger partial charge in [-0.2, -0.15) is 0 Å². The zero-order chi connectivity index (χ0) is 13.7. The molecule has 0 aliphatic carbocycles. The number of hydrogen-bond donors (Lipinski definition) is 1. The molecule has 112 valence electrons. The molecule has 0 radical (unpaired) electrons. The molecule has 0 aromatic rings. The topological polar surface area (TPSA) is 18.5 Å². The zero-order valence-electron chi connectivity index (χ0n) is 13.2. The molecule has 0 aromatic heterocycles. The summed E-state index contributed by atoms with van der Waals surface area (Å²) in [6, 6.07) is 1.56. The molecule has 0 amide bonds. The van der Waals surface area contributed by atoms with Crippen molar-refractivity contribution in [3.63, 3.8) is 0 Å². The predicted octanol–water partition coefficient (Wildman–Crippen LogP) is 2.18. The van der Waals surface area contributed by atoms with E-state index < -0.39 is 0 Å². The summed E-state index contributed by atoms with van der Waals surface area (Å²) in [5.41, 5.74) is 0. The lowest BCUT2D eigenvalue weighted by Gasteiger charge is -2.41. The Hall–Kier alpha value is -0.120. The normalized spacial score (nSPS) is 27.3. The van der Waals surface area contributed by atoms with Gasteiger partial charge in [0.15, 0.2) is 0 Å². The van der Waals surface area contributed by atoms with Crippen molar-refractivity contribution in [3.05, 3.63) is 0 Å². The van der Waals surface area contributed by atoms with Gasteiger partial charge in [0.05, 0.1) is 0 Å². The molecule has 2 aliphatic rings. The second-order valence-corrected chi connectivity index (χ2v) is 6.66. The van der Waals surface area contributed by atoms with Gasteiger partial charge in [0.2, 0.25) is 0 Å². The molecule has 2 rings (SSSR count). The Bertz CT molecular complexity index is 240. The van der Waals surface area contributed by atoms with E-state index in [1.807, 2.05) is 0 Å². The van der Waals surface area contributed by atoms with Crippen LogP contribution in [0.2, 0.25) is 0 Å². The van der Waals surface area contributed by atoms with E-state index in [1.54, 1.807) is 0 Å².